The van der Waals surface area contributed by atoms with Crippen LogP contribution in [-0.4, -0.2) is 58.8 Å². The molecule has 2 heterocycles. The molecule has 0 aliphatic carbocycles. The Kier molecular flexibility index (Phi) is 5.07. The zero-order valence-electron chi connectivity index (χ0n) is 15.4. The Bertz CT molecular complexity index is 858. The summed E-state index contributed by atoms with van der Waals surface area (Å²) in [7, 11) is 2.10. The summed E-state index contributed by atoms with van der Waals surface area (Å²) in [4.78, 5) is 4.71. The van der Waals surface area contributed by atoms with Crippen LogP contribution >= 0.6 is 0 Å². The van der Waals surface area contributed by atoms with Crippen molar-refractivity contribution in [3.63, 3.8) is 0 Å². The number of hydrogen-bond donors (Lipinski definition) is 1. The standard InChI is InChI=1S/C22H27N3O/c1-23-11-12-24(16-21(23)17-26)14-19-7-8-20-9-10-25(22(20)13-19)15-18-5-3-2-4-6-18/h2-10,13,21,26H,11-12,14-17H2,1H3/t21-/m0/s1. The lowest BCUT2D eigenvalue weighted by Gasteiger charge is -2.38. The van der Waals surface area contributed by atoms with Crippen molar-refractivity contribution >= 4 is 10.9 Å². The van der Waals surface area contributed by atoms with Gasteiger partial charge in [-0.2, -0.15) is 0 Å². The molecule has 26 heavy (non-hydrogen) atoms. The van der Waals surface area contributed by atoms with Gasteiger partial charge < -0.3 is 9.67 Å². The number of aliphatic hydroxyl groups excluding tert-OH is 1. The lowest BCUT2D eigenvalue weighted by Crippen LogP contribution is -2.52. The highest BCUT2D eigenvalue weighted by Crippen LogP contribution is 2.21. The fourth-order valence-corrected chi connectivity index (χ4v) is 3.86. The molecule has 1 fully saturated rings. The number of likely N-dealkylation sites (N-methyl/N-ethyl adjacent to an activating group) is 1. The van der Waals surface area contributed by atoms with Crippen molar-refractivity contribution < 1.29 is 5.11 Å². The maximum Gasteiger partial charge on any atom is 0.0599 e. The van der Waals surface area contributed by atoms with E-state index in [2.05, 4.69) is 82.2 Å². The molecule has 0 spiro atoms. The first-order chi connectivity index (χ1) is 12.7. The number of nitrogens with zero attached hydrogens (tertiary/aromatic N) is 3. The van der Waals surface area contributed by atoms with Crippen molar-refractivity contribution in [2.45, 2.75) is 19.1 Å². The average Bonchev–Trinajstić information content (AvgIpc) is 3.06. The van der Waals surface area contributed by atoms with Gasteiger partial charge in [-0.15, -0.1) is 0 Å². The van der Waals surface area contributed by atoms with Crippen LogP contribution in [0.3, 0.4) is 0 Å². The molecule has 0 saturated carbocycles. The van der Waals surface area contributed by atoms with Crippen LogP contribution in [0, 0.1) is 0 Å². The Morgan fingerprint density at radius 2 is 1.81 bits per heavy atom. The van der Waals surface area contributed by atoms with E-state index in [9.17, 15) is 5.11 Å². The summed E-state index contributed by atoms with van der Waals surface area (Å²) in [6, 6.07) is 19.8. The van der Waals surface area contributed by atoms with Crippen LogP contribution in [0.5, 0.6) is 0 Å². The molecule has 1 aliphatic rings. The van der Waals surface area contributed by atoms with Gasteiger partial charge in [0, 0.05) is 50.5 Å². The number of hydrogen-bond acceptors (Lipinski definition) is 3. The van der Waals surface area contributed by atoms with Crippen LogP contribution in [-0.2, 0) is 13.1 Å². The van der Waals surface area contributed by atoms with E-state index in [0.29, 0.717) is 0 Å². The highest BCUT2D eigenvalue weighted by Gasteiger charge is 2.23. The van der Waals surface area contributed by atoms with Crippen molar-refractivity contribution in [1.82, 2.24) is 14.4 Å². The summed E-state index contributed by atoms with van der Waals surface area (Å²) < 4.78 is 2.33. The Morgan fingerprint density at radius 3 is 2.62 bits per heavy atom. The predicted molar refractivity (Wildman–Crippen MR) is 106 cm³/mol. The Hall–Kier alpha value is -2.14. The second-order valence-corrected chi connectivity index (χ2v) is 7.37. The molecule has 1 aliphatic heterocycles. The van der Waals surface area contributed by atoms with Gasteiger partial charge >= 0.3 is 0 Å². The lowest BCUT2D eigenvalue weighted by atomic mass is 10.1. The molecule has 1 N–H and O–H groups in total. The summed E-state index contributed by atoms with van der Waals surface area (Å²) in [5.41, 5.74) is 3.95. The molecule has 3 aromatic rings. The zero-order chi connectivity index (χ0) is 17.9. The Morgan fingerprint density at radius 1 is 0.962 bits per heavy atom. The van der Waals surface area contributed by atoms with Gasteiger partial charge in [0.15, 0.2) is 0 Å². The zero-order valence-corrected chi connectivity index (χ0v) is 15.4. The summed E-state index contributed by atoms with van der Waals surface area (Å²) in [5.74, 6) is 0. The number of aromatic nitrogens is 1. The minimum absolute atomic E-state index is 0.228. The molecule has 4 nitrogen and oxygen atoms in total. The predicted octanol–water partition coefficient (Wildman–Crippen LogP) is 2.80. The SMILES string of the molecule is CN1CCN(Cc2ccc3ccn(Cc4ccccc4)c3c2)C[C@H]1CO. The number of benzene rings is 2. The van der Waals surface area contributed by atoms with Crippen molar-refractivity contribution in [2.24, 2.45) is 0 Å². The molecule has 2 aromatic carbocycles. The molecular formula is C22H27N3O. The van der Waals surface area contributed by atoms with E-state index in [1.807, 2.05) is 0 Å². The third-order valence-corrected chi connectivity index (χ3v) is 5.51. The highest BCUT2D eigenvalue weighted by atomic mass is 16.3. The number of rotatable bonds is 5. The van der Waals surface area contributed by atoms with Gasteiger partial charge in [-0.05, 0) is 35.7 Å². The van der Waals surface area contributed by atoms with Crippen molar-refractivity contribution in [1.29, 1.82) is 0 Å². The third kappa shape index (κ3) is 3.68. The molecular weight excluding hydrogens is 322 g/mol. The van der Waals surface area contributed by atoms with Crippen LogP contribution in [0.1, 0.15) is 11.1 Å². The summed E-state index contributed by atoms with van der Waals surface area (Å²) in [5, 5.41) is 10.9. The molecule has 0 unspecified atom stereocenters. The molecule has 0 amide bonds. The maximum atomic E-state index is 9.56. The van der Waals surface area contributed by atoms with Gasteiger partial charge in [0.05, 0.1) is 6.61 Å². The van der Waals surface area contributed by atoms with E-state index in [-0.39, 0.29) is 12.6 Å². The molecule has 0 bridgehead atoms. The summed E-state index contributed by atoms with van der Waals surface area (Å²) >= 11 is 0. The fourth-order valence-electron chi connectivity index (χ4n) is 3.86. The number of fused-ring (bicyclic) bond motifs is 1. The minimum atomic E-state index is 0.228. The topological polar surface area (TPSA) is 31.6 Å². The first-order valence-corrected chi connectivity index (χ1v) is 9.38. The van der Waals surface area contributed by atoms with Crippen LogP contribution in [0.25, 0.3) is 10.9 Å². The third-order valence-electron chi connectivity index (χ3n) is 5.51. The molecule has 1 saturated heterocycles. The van der Waals surface area contributed by atoms with Crippen molar-refractivity contribution in [2.75, 3.05) is 33.3 Å². The average molecular weight is 349 g/mol. The van der Waals surface area contributed by atoms with E-state index in [4.69, 9.17) is 0 Å². The normalized spacial score (nSPS) is 19.2. The largest absolute Gasteiger partial charge is 0.395 e. The second kappa shape index (κ2) is 7.62. The minimum Gasteiger partial charge on any atom is -0.395 e. The van der Waals surface area contributed by atoms with Crippen LogP contribution in [0.4, 0.5) is 0 Å². The summed E-state index contributed by atoms with van der Waals surface area (Å²) in [6.07, 6.45) is 2.18. The van der Waals surface area contributed by atoms with Gasteiger partial charge in [-0.3, -0.25) is 9.80 Å². The van der Waals surface area contributed by atoms with Gasteiger partial charge in [-0.1, -0.05) is 42.5 Å². The highest BCUT2D eigenvalue weighted by molar-refractivity contribution is 5.81. The fraction of sp³-hybridized carbons (Fsp3) is 0.364. The van der Waals surface area contributed by atoms with E-state index in [0.717, 1.165) is 32.7 Å². The van der Waals surface area contributed by atoms with E-state index in [1.165, 1.54) is 22.0 Å². The Balaban J connectivity index is 1.52. The van der Waals surface area contributed by atoms with E-state index in [1.54, 1.807) is 0 Å². The molecule has 1 aromatic heterocycles. The molecule has 1 atom stereocenters. The maximum absolute atomic E-state index is 9.56. The second-order valence-electron chi connectivity index (χ2n) is 7.37. The van der Waals surface area contributed by atoms with E-state index < -0.39 is 0 Å². The van der Waals surface area contributed by atoms with Crippen LogP contribution in [0.2, 0.25) is 0 Å². The van der Waals surface area contributed by atoms with E-state index >= 15 is 0 Å². The van der Waals surface area contributed by atoms with Gasteiger partial charge in [-0.25, -0.2) is 0 Å². The quantitative estimate of drug-likeness (QED) is 0.769. The molecule has 136 valence electrons. The number of piperazine rings is 1. The van der Waals surface area contributed by atoms with Crippen molar-refractivity contribution in [3.05, 3.63) is 71.9 Å². The first-order valence-electron chi connectivity index (χ1n) is 9.38. The van der Waals surface area contributed by atoms with Gasteiger partial charge in [0.25, 0.3) is 0 Å². The lowest BCUT2D eigenvalue weighted by molar-refractivity contribution is 0.0540. The molecule has 0 radical (unpaired) electrons. The first kappa shape index (κ1) is 17.3. The molecule has 4 heteroatoms. The van der Waals surface area contributed by atoms with Crippen molar-refractivity contribution in [3.8, 4) is 0 Å². The van der Waals surface area contributed by atoms with Gasteiger partial charge in [0.1, 0.15) is 0 Å². The molecule has 4 rings (SSSR count). The van der Waals surface area contributed by atoms with Gasteiger partial charge in [0.2, 0.25) is 0 Å². The number of aliphatic hydroxyl groups is 1. The van der Waals surface area contributed by atoms with Crippen LogP contribution in [0.15, 0.2) is 60.8 Å². The van der Waals surface area contributed by atoms with Crippen LogP contribution < -0.4 is 0 Å². The Labute approximate surface area is 155 Å². The monoisotopic (exact) mass is 349 g/mol. The smallest absolute Gasteiger partial charge is 0.0599 e. The summed E-state index contributed by atoms with van der Waals surface area (Å²) in [6.45, 7) is 5.06.